The van der Waals surface area contributed by atoms with Crippen LogP contribution in [0.1, 0.15) is 47.3 Å². The van der Waals surface area contributed by atoms with E-state index < -0.39 is 34.8 Å². The molecule has 0 aliphatic carbocycles. The SMILES string of the molecule is C[C@@H]1CN(c2cc(F)c(C3=CCN(c4ncc(CN5CCNCC5)cn4)CC3)cc2NC(=O)c2ccc(F)cc2C(F)(F)F)C[C@H](C)N1C. The molecule has 0 saturated carbocycles. The molecular weight excluding hydrogens is 643 g/mol. The zero-order valence-electron chi connectivity index (χ0n) is 27.8. The Kier molecular flexibility index (Phi) is 10.2. The van der Waals surface area contributed by atoms with Crippen LogP contribution in [0, 0.1) is 11.6 Å². The largest absolute Gasteiger partial charge is 0.417 e. The minimum absolute atomic E-state index is 0.0920. The molecule has 4 heterocycles. The summed E-state index contributed by atoms with van der Waals surface area (Å²) in [5.74, 6) is -2.11. The number of benzene rings is 2. The molecule has 3 aliphatic rings. The maximum Gasteiger partial charge on any atom is 0.417 e. The van der Waals surface area contributed by atoms with Crippen molar-refractivity contribution in [2.45, 2.75) is 45.1 Å². The molecule has 0 unspecified atom stereocenters. The molecule has 49 heavy (non-hydrogen) atoms. The van der Waals surface area contributed by atoms with Crippen molar-refractivity contribution >= 4 is 28.8 Å². The fourth-order valence-electron chi connectivity index (χ4n) is 6.73. The Hall–Kier alpha value is -4.14. The number of nitrogens with one attached hydrogen (secondary N) is 2. The third-order valence-corrected chi connectivity index (χ3v) is 9.71. The van der Waals surface area contributed by atoms with Crippen molar-refractivity contribution in [3.63, 3.8) is 0 Å². The molecule has 262 valence electrons. The Bertz CT molecular complexity index is 1680. The summed E-state index contributed by atoms with van der Waals surface area (Å²) in [7, 11) is 2.00. The van der Waals surface area contributed by atoms with Crippen LogP contribution in [0.25, 0.3) is 5.57 Å². The molecule has 9 nitrogen and oxygen atoms in total. The van der Waals surface area contributed by atoms with Gasteiger partial charge in [0, 0.05) is 94.5 Å². The topological polar surface area (TPSA) is 79.9 Å². The molecule has 0 bridgehead atoms. The molecule has 2 atom stereocenters. The number of aromatic nitrogens is 2. The van der Waals surface area contributed by atoms with Gasteiger partial charge >= 0.3 is 6.18 Å². The molecule has 1 aromatic heterocycles. The molecule has 2 saturated heterocycles. The second-order valence-electron chi connectivity index (χ2n) is 13.1. The van der Waals surface area contributed by atoms with Crippen molar-refractivity contribution in [1.29, 1.82) is 0 Å². The molecule has 1 amide bonds. The Labute approximate surface area is 282 Å². The van der Waals surface area contributed by atoms with E-state index in [1.54, 1.807) is 0 Å². The van der Waals surface area contributed by atoms with Gasteiger partial charge in [0.05, 0.1) is 22.5 Å². The maximum absolute atomic E-state index is 16.0. The van der Waals surface area contributed by atoms with Crippen LogP contribution in [-0.4, -0.2) is 97.2 Å². The van der Waals surface area contributed by atoms with Crippen molar-refractivity contribution in [3.05, 3.63) is 82.7 Å². The van der Waals surface area contributed by atoms with Gasteiger partial charge in [0.1, 0.15) is 11.6 Å². The van der Waals surface area contributed by atoms with Crippen molar-refractivity contribution in [2.75, 3.05) is 74.5 Å². The van der Waals surface area contributed by atoms with Gasteiger partial charge in [-0.15, -0.1) is 0 Å². The summed E-state index contributed by atoms with van der Waals surface area (Å²) >= 11 is 0. The lowest BCUT2D eigenvalue weighted by Gasteiger charge is -2.44. The second kappa shape index (κ2) is 14.4. The van der Waals surface area contributed by atoms with Gasteiger partial charge in [-0.3, -0.25) is 14.6 Å². The van der Waals surface area contributed by atoms with E-state index in [0.29, 0.717) is 55.9 Å². The number of anilines is 3. The van der Waals surface area contributed by atoms with Crippen molar-refractivity contribution < 1.29 is 26.7 Å². The predicted molar refractivity (Wildman–Crippen MR) is 180 cm³/mol. The van der Waals surface area contributed by atoms with E-state index in [2.05, 4.69) is 30.4 Å². The second-order valence-corrected chi connectivity index (χ2v) is 13.1. The number of likely N-dealkylation sites (N-methyl/N-ethyl adjacent to an activating group) is 1. The van der Waals surface area contributed by atoms with Crippen LogP contribution in [0.2, 0.25) is 0 Å². The first kappa shape index (κ1) is 34.7. The number of hydrogen-bond acceptors (Lipinski definition) is 8. The molecule has 3 aromatic rings. The van der Waals surface area contributed by atoms with Crippen LogP contribution in [0.5, 0.6) is 0 Å². The number of rotatable bonds is 7. The number of amides is 1. The van der Waals surface area contributed by atoms with Gasteiger partial charge in [0.25, 0.3) is 5.91 Å². The summed E-state index contributed by atoms with van der Waals surface area (Å²) in [5.41, 5.74) is 0.407. The molecule has 0 spiro atoms. The van der Waals surface area contributed by atoms with Crippen LogP contribution >= 0.6 is 0 Å². The maximum atomic E-state index is 16.0. The molecule has 2 N–H and O–H groups in total. The highest BCUT2D eigenvalue weighted by Gasteiger charge is 2.36. The monoisotopic (exact) mass is 684 g/mol. The smallest absolute Gasteiger partial charge is 0.367 e. The molecular formula is C35H41F5N8O. The molecule has 3 aliphatic heterocycles. The number of halogens is 5. The van der Waals surface area contributed by atoms with E-state index in [-0.39, 0.29) is 23.3 Å². The van der Waals surface area contributed by atoms with Crippen LogP contribution < -0.4 is 20.4 Å². The number of carbonyl (C=O) groups is 1. The summed E-state index contributed by atoms with van der Waals surface area (Å²) in [6, 6.07) is 4.96. The van der Waals surface area contributed by atoms with Crippen molar-refractivity contribution in [2.24, 2.45) is 0 Å². The van der Waals surface area contributed by atoms with Crippen LogP contribution in [-0.2, 0) is 12.7 Å². The minimum atomic E-state index is -4.96. The van der Waals surface area contributed by atoms with Gasteiger partial charge in [0.15, 0.2) is 0 Å². The average Bonchev–Trinajstić information content (AvgIpc) is 3.08. The molecule has 14 heteroatoms. The lowest BCUT2D eigenvalue weighted by atomic mass is 9.96. The summed E-state index contributed by atoms with van der Waals surface area (Å²) < 4.78 is 71.3. The number of piperazine rings is 2. The number of alkyl halides is 3. The fraction of sp³-hybridized carbons (Fsp3) is 0.457. The normalized spacial score (nSPS) is 21.1. The summed E-state index contributed by atoms with van der Waals surface area (Å²) in [4.78, 5) is 31.0. The van der Waals surface area contributed by atoms with E-state index in [9.17, 15) is 22.4 Å². The Morgan fingerprint density at radius 3 is 2.31 bits per heavy atom. The first-order chi connectivity index (χ1) is 23.4. The van der Waals surface area contributed by atoms with Gasteiger partial charge in [-0.1, -0.05) is 6.08 Å². The zero-order valence-corrected chi connectivity index (χ0v) is 27.8. The molecule has 0 radical (unpaired) electrons. The first-order valence-electron chi connectivity index (χ1n) is 16.5. The highest BCUT2D eigenvalue weighted by atomic mass is 19.4. The summed E-state index contributed by atoms with van der Waals surface area (Å²) in [6.07, 6.45) is 1.05. The van der Waals surface area contributed by atoms with Crippen LogP contribution in [0.3, 0.4) is 0 Å². The standard InChI is InChI=1S/C35H41F5N8O/c1-22-19-48(20-23(2)45(22)3)32-16-30(37)28(15-31(32)44-33(49)27-5-4-26(36)14-29(27)35(38,39)40)25-6-10-47(11-7-25)34-42-17-24(18-43-34)21-46-12-8-41-9-13-46/h4-6,14-18,22-23,41H,7-13,19-21H2,1-3H3,(H,44,49)/t22-,23+. The number of nitrogens with zero attached hydrogens (tertiary/aromatic N) is 6. The van der Waals surface area contributed by atoms with Gasteiger partial charge < -0.3 is 20.4 Å². The third kappa shape index (κ3) is 7.86. The van der Waals surface area contributed by atoms with Gasteiger partial charge in [-0.05, 0) is 63.2 Å². The number of carbonyl (C=O) groups excluding carboxylic acids is 1. The van der Waals surface area contributed by atoms with Gasteiger partial charge in [-0.2, -0.15) is 13.2 Å². The summed E-state index contributed by atoms with van der Waals surface area (Å²) in [5, 5.41) is 5.97. The zero-order chi connectivity index (χ0) is 34.9. The van der Waals surface area contributed by atoms with E-state index in [1.807, 2.05) is 49.2 Å². The van der Waals surface area contributed by atoms with Gasteiger partial charge in [0.2, 0.25) is 5.95 Å². The van der Waals surface area contributed by atoms with Crippen LogP contribution in [0.15, 0.2) is 48.8 Å². The molecule has 6 rings (SSSR count). The van der Waals surface area contributed by atoms with Crippen molar-refractivity contribution in [1.82, 2.24) is 25.1 Å². The third-order valence-electron chi connectivity index (χ3n) is 9.71. The van der Waals surface area contributed by atoms with Gasteiger partial charge in [-0.25, -0.2) is 18.7 Å². The average molecular weight is 685 g/mol. The minimum Gasteiger partial charge on any atom is -0.367 e. The highest BCUT2D eigenvalue weighted by Crippen LogP contribution is 2.38. The van der Waals surface area contributed by atoms with E-state index in [0.717, 1.165) is 50.4 Å². The lowest BCUT2D eigenvalue weighted by Crippen LogP contribution is -2.55. The van der Waals surface area contributed by atoms with E-state index in [4.69, 9.17) is 0 Å². The lowest BCUT2D eigenvalue weighted by molar-refractivity contribution is -0.138. The van der Waals surface area contributed by atoms with Crippen LogP contribution in [0.4, 0.5) is 39.3 Å². The predicted octanol–water partition coefficient (Wildman–Crippen LogP) is 5.25. The van der Waals surface area contributed by atoms with Crippen molar-refractivity contribution in [3.8, 4) is 0 Å². The Morgan fingerprint density at radius 1 is 0.980 bits per heavy atom. The quantitative estimate of drug-likeness (QED) is 0.327. The van der Waals surface area contributed by atoms with E-state index in [1.165, 1.54) is 12.1 Å². The Balaban J connectivity index is 1.26. The number of hydrogen-bond donors (Lipinski definition) is 2. The molecule has 2 aromatic carbocycles. The fourth-order valence-corrected chi connectivity index (χ4v) is 6.73. The molecule has 2 fully saturated rings. The van der Waals surface area contributed by atoms with E-state index >= 15 is 4.39 Å². The first-order valence-corrected chi connectivity index (χ1v) is 16.5. The summed E-state index contributed by atoms with van der Waals surface area (Å²) in [6.45, 7) is 10.7. The highest BCUT2D eigenvalue weighted by molar-refractivity contribution is 6.07. The Morgan fingerprint density at radius 2 is 1.67 bits per heavy atom.